The molecule has 2 rings (SSSR count). The van der Waals surface area contributed by atoms with E-state index in [0.717, 1.165) is 13.0 Å². The zero-order valence-electron chi connectivity index (χ0n) is 12.6. The average Bonchev–Trinajstić information content (AvgIpc) is 2.83. The van der Waals surface area contributed by atoms with Crippen molar-refractivity contribution >= 4 is 12.0 Å². The molecule has 0 bridgehead atoms. The van der Waals surface area contributed by atoms with Gasteiger partial charge in [0, 0.05) is 25.7 Å². The van der Waals surface area contributed by atoms with Gasteiger partial charge in [-0.2, -0.15) is 0 Å². The number of carboxylic acid groups (broad SMARTS) is 1. The number of amides is 2. The van der Waals surface area contributed by atoms with Crippen LogP contribution in [-0.4, -0.2) is 67.6 Å². The number of rotatable bonds is 5. The molecule has 0 aliphatic carbocycles. The third-order valence-corrected chi connectivity index (χ3v) is 3.57. The molecule has 21 heavy (non-hydrogen) atoms. The summed E-state index contributed by atoms with van der Waals surface area (Å²) < 4.78 is 1.52. The molecule has 116 valence electrons. The lowest BCUT2D eigenvalue weighted by molar-refractivity contribution is 0.0688. The van der Waals surface area contributed by atoms with Crippen LogP contribution >= 0.6 is 0 Å². The van der Waals surface area contributed by atoms with E-state index in [2.05, 4.69) is 10.3 Å². The quantitative estimate of drug-likeness (QED) is 0.877. The van der Waals surface area contributed by atoms with Crippen LogP contribution in [-0.2, 0) is 0 Å². The SMILES string of the molecule is CCCN(C(=O)N1CC(n2cc(C(=O)O)nn2)C1)C(C)C. The van der Waals surface area contributed by atoms with Crippen LogP contribution in [0.3, 0.4) is 0 Å². The van der Waals surface area contributed by atoms with Crippen LogP contribution in [0.2, 0.25) is 0 Å². The summed E-state index contributed by atoms with van der Waals surface area (Å²) in [6.07, 6.45) is 2.33. The fraction of sp³-hybridized carbons (Fsp3) is 0.692. The normalized spacial score (nSPS) is 15.1. The summed E-state index contributed by atoms with van der Waals surface area (Å²) in [5.74, 6) is -1.09. The smallest absolute Gasteiger partial charge is 0.358 e. The molecule has 0 spiro atoms. The molecule has 0 atom stereocenters. The molecular formula is C13H21N5O3. The monoisotopic (exact) mass is 295 g/mol. The summed E-state index contributed by atoms with van der Waals surface area (Å²) in [6, 6.07) is 0.202. The zero-order chi connectivity index (χ0) is 15.6. The largest absolute Gasteiger partial charge is 0.476 e. The predicted octanol–water partition coefficient (Wildman–Crippen LogP) is 1.07. The molecule has 1 aromatic heterocycles. The highest BCUT2D eigenvalue weighted by molar-refractivity contribution is 5.84. The van der Waals surface area contributed by atoms with Gasteiger partial charge in [-0.05, 0) is 20.3 Å². The number of aromatic carboxylic acids is 1. The van der Waals surface area contributed by atoms with Gasteiger partial charge in [0.05, 0.1) is 12.2 Å². The summed E-state index contributed by atoms with van der Waals surface area (Å²) in [5, 5.41) is 16.2. The Balaban J connectivity index is 1.93. The van der Waals surface area contributed by atoms with Gasteiger partial charge >= 0.3 is 12.0 Å². The van der Waals surface area contributed by atoms with Gasteiger partial charge in [-0.1, -0.05) is 12.1 Å². The highest BCUT2D eigenvalue weighted by Gasteiger charge is 2.35. The minimum atomic E-state index is -1.09. The Kier molecular flexibility index (Phi) is 4.44. The second kappa shape index (κ2) is 6.11. The Morgan fingerprint density at radius 2 is 2.14 bits per heavy atom. The van der Waals surface area contributed by atoms with E-state index in [-0.39, 0.29) is 23.8 Å². The van der Waals surface area contributed by atoms with Gasteiger partial charge < -0.3 is 14.9 Å². The molecule has 1 saturated heterocycles. The molecule has 0 aromatic carbocycles. The molecule has 0 radical (unpaired) electrons. The van der Waals surface area contributed by atoms with E-state index in [1.54, 1.807) is 4.90 Å². The van der Waals surface area contributed by atoms with Crippen molar-refractivity contribution in [3.8, 4) is 0 Å². The van der Waals surface area contributed by atoms with E-state index < -0.39 is 5.97 Å². The third kappa shape index (κ3) is 3.14. The van der Waals surface area contributed by atoms with E-state index in [1.165, 1.54) is 10.9 Å². The maximum Gasteiger partial charge on any atom is 0.358 e. The number of carbonyl (C=O) groups is 2. The highest BCUT2D eigenvalue weighted by Crippen LogP contribution is 2.22. The minimum absolute atomic E-state index is 0.00480. The molecule has 1 aromatic rings. The van der Waals surface area contributed by atoms with Crippen LogP contribution in [0.5, 0.6) is 0 Å². The van der Waals surface area contributed by atoms with E-state index >= 15 is 0 Å². The summed E-state index contributed by atoms with van der Waals surface area (Å²) in [5.41, 5.74) is -0.0745. The van der Waals surface area contributed by atoms with Crippen molar-refractivity contribution in [2.75, 3.05) is 19.6 Å². The molecule has 1 fully saturated rings. The zero-order valence-corrected chi connectivity index (χ0v) is 12.6. The first-order valence-electron chi connectivity index (χ1n) is 7.14. The van der Waals surface area contributed by atoms with Crippen molar-refractivity contribution in [2.24, 2.45) is 0 Å². The van der Waals surface area contributed by atoms with Gasteiger partial charge in [-0.3, -0.25) is 0 Å². The molecule has 1 N–H and O–H groups in total. The number of hydrogen-bond donors (Lipinski definition) is 1. The first-order chi connectivity index (χ1) is 9.93. The number of hydrogen-bond acceptors (Lipinski definition) is 4. The average molecular weight is 295 g/mol. The highest BCUT2D eigenvalue weighted by atomic mass is 16.4. The van der Waals surface area contributed by atoms with Crippen LogP contribution in [0, 0.1) is 0 Å². The summed E-state index contributed by atoms with van der Waals surface area (Å²) in [7, 11) is 0. The lowest BCUT2D eigenvalue weighted by Crippen LogP contribution is -2.56. The molecule has 0 unspecified atom stereocenters. The van der Waals surface area contributed by atoms with Crippen LogP contribution < -0.4 is 0 Å². The Hall–Kier alpha value is -2.12. The van der Waals surface area contributed by atoms with E-state index in [4.69, 9.17) is 5.11 Å². The Bertz CT molecular complexity index is 522. The second-order valence-corrected chi connectivity index (χ2v) is 5.52. The van der Waals surface area contributed by atoms with Crippen molar-refractivity contribution in [1.82, 2.24) is 24.8 Å². The number of carbonyl (C=O) groups excluding carboxylic acids is 1. The van der Waals surface area contributed by atoms with E-state index in [0.29, 0.717) is 13.1 Å². The molecule has 1 aliphatic rings. The number of urea groups is 1. The fourth-order valence-electron chi connectivity index (χ4n) is 2.33. The lowest BCUT2D eigenvalue weighted by atomic mass is 10.1. The van der Waals surface area contributed by atoms with E-state index in [9.17, 15) is 9.59 Å². The second-order valence-electron chi connectivity index (χ2n) is 5.52. The standard InChI is InChI=1S/C13H21N5O3/c1-4-5-17(9(2)3)13(21)16-6-10(7-16)18-8-11(12(19)20)14-15-18/h8-10H,4-7H2,1-3H3,(H,19,20). The molecular weight excluding hydrogens is 274 g/mol. The molecule has 1 aliphatic heterocycles. The van der Waals surface area contributed by atoms with Crippen LogP contribution in [0.1, 0.15) is 43.7 Å². The van der Waals surface area contributed by atoms with Gasteiger partial charge in [0.15, 0.2) is 5.69 Å². The number of aromatic nitrogens is 3. The van der Waals surface area contributed by atoms with Gasteiger partial charge in [0.1, 0.15) is 0 Å². The molecule has 2 amide bonds. The first-order valence-corrected chi connectivity index (χ1v) is 7.14. The number of nitrogens with zero attached hydrogens (tertiary/aromatic N) is 5. The van der Waals surface area contributed by atoms with Crippen LogP contribution in [0.15, 0.2) is 6.20 Å². The number of likely N-dealkylation sites (tertiary alicyclic amines) is 1. The van der Waals surface area contributed by atoms with Crippen molar-refractivity contribution < 1.29 is 14.7 Å². The maximum absolute atomic E-state index is 12.4. The van der Waals surface area contributed by atoms with Crippen LogP contribution in [0.25, 0.3) is 0 Å². The number of carboxylic acids is 1. The summed E-state index contributed by atoms with van der Waals surface area (Å²) >= 11 is 0. The molecule has 0 saturated carbocycles. The Labute approximate surface area is 123 Å². The molecule has 8 heteroatoms. The molecule has 8 nitrogen and oxygen atoms in total. The van der Waals surface area contributed by atoms with Crippen LogP contribution in [0.4, 0.5) is 4.79 Å². The van der Waals surface area contributed by atoms with Gasteiger partial charge in [0.2, 0.25) is 0 Å². The Morgan fingerprint density at radius 3 is 2.62 bits per heavy atom. The topological polar surface area (TPSA) is 91.6 Å². The minimum Gasteiger partial charge on any atom is -0.476 e. The lowest BCUT2D eigenvalue weighted by Gasteiger charge is -2.42. The fourth-order valence-corrected chi connectivity index (χ4v) is 2.33. The van der Waals surface area contributed by atoms with Crippen molar-refractivity contribution in [3.63, 3.8) is 0 Å². The summed E-state index contributed by atoms with van der Waals surface area (Å²) in [4.78, 5) is 26.7. The third-order valence-electron chi connectivity index (χ3n) is 3.57. The van der Waals surface area contributed by atoms with E-state index in [1.807, 2.05) is 25.7 Å². The van der Waals surface area contributed by atoms with Gasteiger partial charge in [0.25, 0.3) is 0 Å². The molecule has 2 heterocycles. The van der Waals surface area contributed by atoms with Gasteiger partial charge in [-0.25, -0.2) is 14.3 Å². The summed E-state index contributed by atoms with van der Waals surface area (Å²) in [6.45, 7) is 7.86. The van der Waals surface area contributed by atoms with Gasteiger partial charge in [-0.15, -0.1) is 5.10 Å². The first kappa shape index (κ1) is 15.3. The maximum atomic E-state index is 12.4. The predicted molar refractivity (Wildman–Crippen MR) is 75.1 cm³/mol. The Morgan fingerprint density at radius 1 is 1.48 bits per heavy atom. The van der Waals surface area contributed by atoms with Crippen molar-refractivity contribution in [2.45, 2.75) is 39.3 Å². The van der Waals surface area contributed by atoms with Crippen molar-refractivity contribution in [1.29, 1.82) is 0 Å². The van der Waals surface area contributed by atoms with Crippen molar-refractivity contribution in [3.05, 3.63) is 11.9 Å².